The first kappa shape index (κ1) is 23.2. The Morgan fingerprint density at radius 3 is 2.29 bits per heavy atom. The number of anilines is 1. The summed E-state index contributed by atoms with van der Waals surface area (Å²) in [6.07, 6.45) is 0. The minimum atomic E-state index is -4.11. The number of aryl methyl sites for hydroxylation is 1. The van der Waals surface area contributed by atoms with Crippen LogP contribution in [-0.4, -0.2) is 25.2 Å². The molecule has 0 bridgehead atoms. The number of rotatable bonds is 7. The zero-order chi connectivity index (χ0) is 22.6. The topological polar surface area (TPSA) is 66.5 Å². The second-order valence-electron chi connectivity index (χ2n) is 6.83. The van der Waals surface area contributed by atoms with Crippen LogP contribution in [0.4, 0.5) is 10.1 Å². The molecule has 0 atom stereocenters. The van der Waals surface area contributed by atoms with E-state index in [1.165, 1.54) is 42.5 Å². The molecule has 1 N–H and O–H groups in total. The van der Waals surface area contributed by atoms with Crippen LogP contribution >= 0.6 is 23.2 Å². The van der Waals surface area contributed by atoms with Gasteiger partial charge < -0.3 is 5.32 Å². The van der Waals surface area contributed by atoms with Crippen LogP contribution in [0.3, 0.4) is 0 Å². The van der Waals surface area contributed by atoms with E-state index in [4.69, 9.17) is 23.2 Å². The van der Waals surface area contributed by atoms with Gasteiger partial charge in [-0.1, -0.05) is 41.4 Å². The molecule has 0 saturated carbocycles. The van der Waals surface area contributed by atoms with Crippen molar-refractivity contribution < 1.29 is 17.6 Å². The highest BCUT2D eigenvalue weighted by atomic mass is 35.5. The lowest BCUT2D eigenvalue weighted by Crippen LogP contribution is -2.37. The summed E-state index contributed by atoms with van der Waals surface area (Å²) < 4.78 is 41.6. The molecule has 0 aliphatic rings. The van der Waals surface area contributed by atoms with Crippen molar-refractivity contribution in [2.75, 3.05) is 11.9 Å². The van der Waals surface area contributed by atoms with Gasteiger partial charge in [-0.25, -0.2) is 12.8 Å². The average molecular weight is 481 g/mol. The second-order valence-corrected chi connectivity index (χ2v) is 9.64. The summed E-state index contributed by atoms with van der Waals surface area (Å²) in [7, 11) is -4.11. The molecule has 1 amide bonds. The summed E-state index contributed by atoms with van der Waals surface area (Å²) in [6.45, 7) is 0.940. The first-order valence-corrected chi connectivity index (χ1v) is 11.4. The Bertz CT molecular complexity index is 1200. The molecule has 0 spiro atoms. The van der Waals surface area contributed by atoms with Crippen molar-refractivity contribution in [3.63, 3.8) is 0 Å². The third kappa shape index (κ3) is 5.83. The molecule has 0 heterocycles. The Balaban J connectivity index is 1.90. The van der Waals surface area contributed by atoms with Gasteiger partial charge in [0, 0.05) is 27.8 Å². The van der Waals surface area contributed by atoms with Crippen LogP contribution in [0.25, 0.3) is 0 Å². The zero-order valence-corrected chi connectivity index (χ0v) is 18.8. The molecular formula is C22H19Cl2FN2O3S. The van der Waals surface area contributed by atoms with Crippen molar-refractivity contribution >= 4 is 44.8 Å². The van der Waals surface area contributed by atoms with E-state index in [0.717, 1.165) is 9.87 Å². The fraction of sp³-hybridized carbons (Fsp3) is 0.136. The Hall–Kier alpha value is -2.45. The number of halogens is 3. The maximum Gasteiger partial charge on any atom is 0.243 e. The molecule has 9 heteroatoms. The van der Waals surface area contributed by atoms with Gasteiger partial charge in [0.05, 0.1) is 11.4 Å². The summed E-state index contributed by atoms with van der Waals surface area (Å²) in [5.41, 5.74) is 1.38. The third-order valence-electron chi connectivity index (χ3n) is 4.54. The fourth-order valence-corrected chi connectivity index (χ4v) is 4.64. The highest BCUT2D eigenvalue weighted by Gasteiger charge is 2.28. The van der Waals surface area contributed by atoms with E-state index in [1.54, 1.807) is 31.2 Å². The molecule has 3 rings (SSSR count). The molecule has 0 fully saturated rings. The monoisotopic (exact) mass is 480 g/mol. The first-order chi connectivity index (χ1) is 14.7. The minimum Gasteiger partial charge on any atom is -0.325 e. The van der Waals surface area contributed by atoms with Crippen LogP contribution in [0.15, 0.2) is 71.6 Å². The van der Waals surface area contributed by atoms with Gasteiger partial charge in [-0.05, 0) is 61.0 Å². The summed E-state index contributed by atoms with van der Waals surface area (Å²) in [5.74, 6) is -1.13. The predicted molar refractivity (Wildman–Crippen MR) is 120 cm³/mol. The van der Waals surface area contributed by atoms with E-state index in [2.05, 4.69) is 5.32 Å². The van der Waals surface area contributed by atoms with E-state index < -0.39 is 28.3 Å². The number of sulfonamides is 1. The molecule has 0 radical (unpaired) electrons. The minimum absolute atomic E-state index is 0.0521. The Morgan fingerprint density at radius 1 is 1.00 bits per heavy atom. The lowest BCUT2D eigenvalue weighted by atomic mass is 10.2. The normalized spacial score (nSPS) is 11.5. The lowest BCUT2D eigenvalue weighted by molar-refractivity contribution is -0.116. The Morgan fingerprint density at radius 2 is 1.65 bits per heavy atom. The van der Waals surface area contributed by atoms with Crippen molar-refractivity contribution in [1.82, 2.24) is 4.31 Å². The van der Waals surface area contributed by atoms with Crippen molar-refractivity contribution in [2.24, 2.45) is 0 Å². The average Bonchev–Trinajstić information content (AvgIpc) is 2.71. The highest BCUT2D eigenvalue weighted by Crippen LogP contribution is 2.23. The number of nitrogens with one attached hydrogen (secondary N) is 1. The fourth-order valence-electron chi connectivity index (χ4n) is 2.92. The van der Waals surface area contributed by atoms with Crippen molar-refractivity contribution in [3.8, 4) is 0 Å². The lowest BCUT2D eigenvalue weighted by Gasteiger charge is -2.22. The van der Waals surface area contributed by atoms with E-state index >= 15 is 0 Å². The number of carbonyl (C=O) groups is 1. The van der Waals surface area contributed by atoms with E-state index in [-0.39, 0.29) is 17.0 Å². The van der Waals surface area contributed by atoms with Crippen LogP contribution in [0.1, 0.15) is 11.1 Å². The van der Waals surface area contributed by atoms with Crippen LogP contribution in [-0.2, 0) is 21.4 Å². The zero-order valence-electron chi connectivity index (χ0n) is 16.5. The maximum absolute atomic E-state index is 14.2. The largest absolute Gasteiger partial charge is 0.325 e. The molecule has 0 aliphatic heterocycles. The van der Waals surface area contributed by atoms with Crippen LogP contribution in [0, 0.1) is 12.7 Å². The number of benzene rings is 3. The van der Waals surface area contributed by atoms with Gasteiger partial charge >= 0.3 is 0 Å². The molecular weight excluding hydrogens is 462 g/mol. The number of hydrogen-bond donors (Lipinski definition) is 1. The van der Waals surface area contributed by atoms with E-state index in [0.29, 0.717) is 15.7 Å². The molecule has 162 valence electrons. The first-order valence-electron chi connectivity index (χ1n) is 9.22. The van der Waals surface area contributed by atoms with Gasteiger partial charge in [0.25, 0.3) is 0 Å². The van der Waals surface area contributed by atoms with Crippen molar-refractivity contribution in [3.05, 3.63) is 93.7 Å². The highest BCUT2D eigenvalue weighted by molar-refractivity contribution is 7.89. The molecule has 31 heavy (non-hydrogen) atoms. The van der Waals surface area contributed by atoms with Gasteiger partial charge in [-0.2, -0.15) is 4.31 Å². The molecule has 3 aromatic carbocycles. The molecule has 0 saturated heterocycles. The van der Waals surface area contributed by atoms with Crippen LogP contribution in [0.5, 0.6) is 0 Å². The van der Waals surface area contributed by atoms with E-state index in [1.807, 2.05) is 0 Å². The van der Waals surface area contributed by atoms with Gasteiger partial charge in [-0.15, -0.1) is 0 Å². The Labute approximate surface area is 190 Å². The summed E-state index contributed by atoms with van der Waals surface area (Å²) >= 11 is 11.8. The van der Waals surface area contributed by atoms with Gasteiger partial charge in [0.1, 0.15) is 5.82 Å². The quantitative estimate of drug-likeness (QED) is 0.500. The van der Waals surface area contributed by atoms with Gasteiger partial charge in [0.2, 0.25) is 15.9 Å². The van der Waals surface area contributed by atoms with Crippen molar-refractivity contribution in [2.45, 2.75) is 18.4 Å². The number of carbonyl (C=O) groups excluding carboxylic acids is 1. The molecule has 0 aliphatic carbocycles. The van der Waals surface area contributed by atoms with Crippen LogP contribution < -0.4 is 5.32 Å². The molecule has 5 nitrogen and oxygen atoms in total. The number of hydrogen-bond acceptors (Lipinski definition) is 3. The van der Waals surface area contributed by atoms with E-state index in [9.17, 15) is 17.6 Å². The van der Waals surface area contributed by atoms with Crippen LogP contribution in [0.2, 0.25) is 10.0 Å². The number of amides is 1. The maximum atomic E-state index is 14.2. The SMILES string of the molecule is Cc1cc(Cl)ccc1NC(=O)CN(Cc1ccccc1F)S(=O)(=O)c1ccc(Cl)cc1. The standard InChI is InChI=1S/C22H19Cl2FN2O3S/c1-15-12-18(24)8-11-21(15)26-22(28)14-27(13-16-4-2-3-5-20(16)25)31(29,30)19-9-6-17(23)7-10-19/h2-12H,13-14H2,1H3,(H,26,28). The summed E-state index contributed by atoms with van der Waals surface area (Å²) in [6, 6.07) is 16.3. The number of nitrogens with zero attached hydrogens (tertiary/aromatic N) is 1. The third-order valence-corrected chi connectivity index (χ3v) is 6.83. The molecule has 0 unspecified atom stereocenters. The molecule has 3 aromatic rings. The molecule has 0 aromatic heterocycles. The van der Waals surface area contributed by atoms with Crippen molar-refractivity contribution in [1.29, 1.82) is 0 Å². The summed E-state index contributed by atoms with van der Waals surface area (Å²) in [4.78, 5) is 12.7. The predicted octanol–water partition coefficient (Wildman–Crippen LogP) is 5.27. The second kappa shape index (κ2) is 9.78. The van der Waals surface area contributed by atoms with Gasteiger partial charge in [0.15, 0.2) is 0 Å². The summed E-state index contributed by atoms with van der Waals surface area (Å²) in [5, 5.41) is 3.57. The smallest absolute Gasteiger partial charge is 0.243 e. The Kier molecular flexibility index (Phi) is 7.33. The van der Waals surface area contributed by atoms with Gasteiger partial charge in [-0.3, -0.25) is 4.79 Å².